The summed E-state index contributed by atoms with van der Waals surface area (Å²) in [6, 6.07) is 9.43. The predicted molar refractivity (Wildman–Crippen MR) is 178 cm³/mol. The maximum atomic E-state index is 12.4. The average molecular weight is 708 g/mol. The van der Waals surface area contributed by atoms with Gasteiger partial charge >= 0.3 is 20.9 Å². The molecule has 18 heteroatoms. The van der Waals surface area contributed by atoms with Gasteiger partial charge in [-0.05, 0) is 57.5 Å². The molecule has 47 heavy (non-hydrogen) atoms. The van der Waals surface area contributed by atoms with Crippen molar-refractivity contribution >= 4 is 26.9 Å². The maximum absolute atomic E-state index is 12.4. The number of amides is 1. The lowest BCUT2D eigenvalue weighted by molar-refractivity contribution is -0.0523. The summed E-state index contributed by atoms with van der Waals surface area (Å²) in [4.78, 5) is 60.2. The van der Waals surface area contributed by atoms with E-state index in [2.05, 4.69) is 66.2 Å². The van der Waals surface area contributed by atoms with Gasteiger partial charge in [-0.15, -0.1) is 0 Å². The summed E-state index contributed by atoms with van der Waals surface area (Å²) in [6.07, 6.45) is -5.01. The summed E-state index contributed by atoms with van der Waals surface area (Å²) in [7, 11) is -9.57. The van der Waals surface area contributed by atoms with Crippen LogP contribution in [0.25, 0.3) is 0 Å². The zero-order valence-electron chi connectivity index (χ0n) is 27.9. The van der Waals surface area contributed by atoms with Crippen LogP contribution in [0.15, 0.2) is 47.4 Å². The Morgan fingerprint density at radius 1 is 0.894 bits per heavy atom. The van der Waals surface area contributed by atoms with Crippen molar-refractivity contribution in [1.82, 2.24) is 19.4 Å². The van der Waals surface area contributed by atoms with Crippen LogP contribution in [0.5, 0.6) is 0 Å². The SMILES string of the molecule is CCN(CC)CC.CCN(CC)CC.O=C(Nc1ccn([C@@H]2O[C@H](COP(=O)(O)CP(=O)(O)O)[C@@H](O)[C@H]2O)c(=O)n1)c1ccccc1. The van der Waals surface area contributed by atoms with Crippen LogP contribution in [0.2, 0.25) is 0 Å². The molecule has 6 N–H and O–H groups in total. The fourth-order valence-corrected chi connectivity index (χ4v) is 6.92. The van der Waals surface area contributed by atoms with Crippen molar-refractivity contribution in [3.63, 3.8) is 0 Å². The van der Waals surface area contributed by atoms with Gasteiger partial charge < -0.3 is 49.3 Å². The number of carbonyl (C=O) groups is 1. The van der Waals surface area contributed by atoms with Crippen molar-refractivity contribution in [3.8, 4) is 0 Å². The number of hydrogen-bond acceptors (Lipinski definition) is 11. The molecular formula is C29H51N5O11P2. The summed E-state index contributed by atoms with van der Waals surface area (Å²) < 4.78 is 33.4. The third kappa shape index (κ3) is 15.2. The molecule has 2 aromatic rings. The van der Waals surface area contributed by atoms with Crippen LogP contribution in [0.1, 0.15) is 58.1 Å². The number of aliphatic hydroxyl groups excluding tert-OH is 2. The van der Waals surface area contributed by atoms with Crippen LogP contribution in [0, 0.1) is 0 Å². The molecule has 268 valence electrons. The second kappa shape index (κ2) is 20.9. The van der Waals surface area contributed by atoms with Gasteiger partial charge in [0.2, 0.25) is 0 Å². The van der Waals surface area contributed by atoms with Gasteiger partial charge in [-0.25, -0.2) is 4.79 Å². The Morgan fingerprint density at radius 3 is 1.83 bits per heavy atom. The summed E-state index contributed by atoms with van der Waals surface area (Å²) in [5.74, 6) is -2.01. The Morgan fingerprint density at radius 2 is 1.40 bits per heavy atom. The molecule has 16 nitrogen and oxygen atoms in total. The minimum Gasteiger partial charge on any atom is -0.387 e. The number of nitrogens with zero attached hydrogens (tertiary/aromatic N) is 4. The van der Waals surface area contributed by atoms with Crippen molar-refractivity contribution in [1.29, 1.82) is 0 Å². The third-order valence-electron chi connectivity index (χ3n) is 7.21. The van der Waals surface area contributed by atoms with E-state index in [-0.39, 0.29) is 5.82 Å². The Kier molecular flexibility index (Phi) is 19.0. The first-order valence-corrected chi connectivity index (χ1v) is 19.0. The van der Waals surface area contributed by atoms with Crippen molar-refractivity contribution in [2.75, 3.05) is 57.1 Å². The maximum Gasteiger partial charge on any atom is 0.351 e. The molecule has 1 aromatic heterocycles. The highest BCUT2D eigenvalue weighted by Gasteiger charge is 2.45. The first-order valence-electron chi connectivity index (χ1n) is 15.5. The van der Waals surface area contributed by atoms with Gasteiger partial charge in [0.25, 0.3) is 5.91 Å². The molecule has 1 aliphatic heterocycles. The molecule has 1 unspecified atom stereocenters. The number of nitrogens with one attached hydrogen (secondary N) is 1. The molecule has 0 aliphatic carbocycles. The number of rotatable bonds is 14. The van der Waals surface area contributed by atoms with Gasteiger partial charge in [-0.1, -0.05) is 59.7 Å². The Bertz CT molecular complexity index is 1330. The number of hydrogen-bond donors (Lipinski definition) is 6. The number of aromatic nitrogens is 2. The summed E-state index contributed by atoms with van der Waals surface area (Å²) >= 11 is 0. The lowest BCUT2D eigenvalue weighted by atomic mass is 10.1. The molecule has 2 heterocycles. The highest BCUT2D eigenvalue weighted by atomic mass is 31.2. The van der Waals surface area contributed by atoms with E-state index in [9.17, 15) is 33.8 Å². The van der Waals surface area contributed by atoms with Gasteiger partial charge in [0.15, 0.2) is 12.1 Å². The van der Waals surface area contributed by atoms with Crippen LogP contribution in [0.3, 0.4) is 0 Å². The van der Waals surface area contributed by atoms with Crippen LogP contribution >= 0.6 is 15.2 Å². The van der Waals surface area contributed by atoms with E-state index >= 15 is 0 Å². The van der Waals surface area contributed by atoms with E-state index in [0.29, 0.717) is 5.56 Å². The number of carbonyl (C=O) groups excluding carboxylic acids is 1. The first-order chi connectivity index (χ1) is 22.1. The van der Waals surface area contributed by atoms with Crippen molar-refractivity contribution < 1.29 is 48.1 Å². The molecule has 1 saturated heterocycles. The molecule has 0 bridgehead atoms. The summed E-state index contributed by atoms with van der Waals surface area (Å²) in [5.41, 5.74) is -0.600. The zero-order chi connectivity index (χ0) is 35.8. The number of aliphatic hydroxyl groups is 2. The standard InChI is InChI=1S/C17H21N3O11P2.2C6H15N/c21-13-11(8-30-33(28,29)9-32(25,26)27)31-16(14(13)22)20-7-6-12(19-17(20)24)18-15(23)10-4-2-1-3-5-10;2*1-4-7(5-2)6-3/h1-7,11,13-14,16,21-22H,8-9H2,(H,28,29)(H2,25,26,27)(H,18,19,23,24);2*4-6H2,1-3H3/t11-,13-,14-,16-;;/m1../s1. The molecule has 1 aromatic carbocycles. The molecule has 0 saturated carbocycles. The van der Waals surface area contributed by atoms with E-state index in [1.54, 1.807) is 30.3 Å². The fourth-order valence-electron chi connectivity index (χ4n) is 4.36. The molecule has 3 rings (SSSR count). The van der Waals surface area contributed by atoms with Crippen LogP contribution in [-0.4, -0.2) is 120 Å². The highest BCUT2D eigenvalue weighted by molar-refractivity contribution is 7.70. The van der Waals surface area contributed by atoms with Crippen molar-refractivity contribution in [2.45, 2.75) is 66.1 Å². The molecule has 0 spiro atoms. The Balaban J connectivity index is 0.000000658. The van der Waals surface area contributed by atoms with Gasteiger partial charge in [-0.3, -0.25) is 18.5 Å². The minimum absolute atomic E-state index is 0.0725. The van der Waals surface area contributed by atoms with Crippen LogP contribution in [0.4, 0.5) is 5.82 Å². The monoisotopic (exact) mass is 707 g/mol. The van der Waals surface area contributed by atoms with Crippen LogP contribution < -0.4 is 11.0 Å². The second-order valence-electron chi connectivity index (χ2n) is 10.3. The Hall–Kier alpha value is -2.33. The molecule has 1 aliphatic rings. The van der Waals surface area contributed by atoms with E-state index in [0.717, 1.165) is 10.8 Å². The molecule has 0 radical (unpaired) electrons. The largest absolute Gasteiger partial charge is 0.387 e. The van der Waals surface area contributed by atoms with E-state index in [1.807, 2.05) is 0 Å². The normalized spacial score (nSPS) is 20.5. The lowest BCUT2D eigenvalue weighted by Gasteiger charge is -2.18. The average Bonchev–Trinajstić information content (AvgIpc) is 3.30. The fraction of sp³-hybridized carbons (Fsp3) is 0.621. The number of anilines is 1. The van der Waals surface area contributed by atoms with E-state index < -0.39 is 63.8 Å². The Labute approximate surface area is 276 Å². The van der Waals surface area contributed by atoms with E-state index in [4.69, 9.17) is 14.5 Å². The molecule has 1 amide bonds. The zero-order valence-corrected chi connectivity index (χ0v) is 29.7. The third-order valence-corrected chi connectivity index (χ3v) is 10.7. The smallest absolute Gasteiger partial charge is 0.351 e. The minimum atomic E-state index is -4.85. The van der Waals surface area contributed by atoms with Gasteiger partial charge in [0.1, 0.15) is 24.1 Å². The predicted octanol–water partition coefficient (Wildman–Crippen LogP) is 2.15. The molecular weight excluding hydrogens is 656 g/mol. The van der Waals surface area contributed by atoms with Crippen molar-refractivity contribution in [2.24, 2.45) is 0 Å². The van der Waals surface area contributed by atoms with E-state index in [1.165, 1.54) is 45.3 Å². The topological polar surface area (TPSA) is 224 Å². The second-order valence-corrected chi connectivity index (χ2v) is 14.3. The number of benzene rings is 1. The van der Waals surface area contributed by atoms with Crippen LogP contribution in [-0.2, 0) is 18.4 Å². The number of ether oxygens (including phenoxy) is 1. The first kappa shape index (κ1) is 42.7. The van der Waals surface area contributed by atoms with Crippen molar-refractivity contribution in [3.05, 3.63) is 58.6 Å². The van der Waals surface area contributed by atoms with Gasteiger partial charge in [0, 0.05) is 11.8 Å². The molecule has 1 fully saturated rings. The quantitative estimate of drug-likeness (QED) is 0.155. The molecule has 5 atom stereocenters. The van der Waals surface area contributed by atoms with Gasteiger partial charge in [0.05, 0.1) is 6.61 Å². The highest BCUT2D eigenvalue weighted by Crippen LogP contribution is 2.55. The lowest BCUT2D eigenvalue weighted by Crippen LogP contribution is -2.36. The summed E-state index contributed by atoms with van der Waals surface area (Å²) in [5, 5.41) is 22.8. The summed E-state index contributed by atoms with van der Waals surface area (Å²) in [6.45, 7) is 19.5. The van der Waals surface area contributed by atoms with Gasteiger partial charge in [-0.2, -0.15) is 4.98 Å².